The van der Waals surface area contributed by atoms with Crippen LogP contribution in [0.3, 0.4) is 0 Å². The van der Waals surface area contributed by atoms with E-state index in [1.807, 2.05) is 24.3 Å². The molecule has 2 aromatic carbocycles. The number of nitrogens with one attached hydrogen (secondary N) is 1. The van der Waals surface area contributed by atoms with E-state index in [1.54, 1.807) is 0 Å². The van der Waals surface area contributed by atoms with Crippen LogP contribution < -0.4 is 10.1 Å². The summed E-state index contributed by atoms with van der Waals surface area (Å²) in [6.07, 6.45) is 0. The molecule has 0 bridgehead atoms. The molecule has 1 amide bonds. The molecule has 6 heteroatoms. The van der Waals surface area contributed by atoms with E-state index in [9.17, 15) is 13.6 Å². The summed E-state index contributed by atoms with van der Waals surface area (Å²) in [5.74, 6) is -0.390. The zero-order valence-corrected chi connectivity index (χ0v) is 12.4. The molecule has 0 aliphatic rings. The van der Waals surface area contributed by atoms with Crippen LogP contribution in [-0.4, -0.2) is 12.5 Å². The van der Waals surface area contributed by atoms with Gasteiger partial charge < -0.3 is 10.1 Å². The molecule has 0 saturated carbocycles. The van der Waals surface area contributed by atoms with Gasteiger partial charge >= 0.3 is 6.61 Å². The SMILES string of the molecule is O=C(NCc1ccc(Br)cc1)c1cccc(OC(F)F)c1. The fourth-order valence-electron chi connectivity index (χ4n) is 1.70. The van der Waals surface area contributed by atoms with Gasteiger partial charge in [0.2, 0.25) is 0 Å². The highest BCUT2D eigenvalue weighted by Gasteiger charge is 2.09. The quantitative estimate of drug-likeness (QED) is 0.880. The van der Waals surface area contributed by atoms with Crippen molar-refractivity contribution < 1.29 is 18.3 Å². The summed E-state index contributed by atoms with van der Waals surface area (Å²) in [6.45, 7) is -2.56. The van der Waals surface area contributed by atoms with Crippen molar-refractivity contribution >= 4 is 21.8 Å². The van der Waals surface area contributed by atoms with Crippen molar-refractivity contribution in [2.45, 2.75) is 13.2 Å². The predicted octanol–water partition coefficient (Wildman–Crippen LogP) is 3.98. The predicted molar refractivity (Wildman–Crippen MR) is 78.4 cm³/mol. The molecule has 0 aromatic heterocycles. The molecule has 0 heterocycles. The van der Waals surface area contributed by atoms with Gasteiger partial charge in [-0.3, -0.25) is 4.79 Å². The van der Waals surface area contributed by atoms with E-state index >= 15 is 0 Å². The molecule has 110 valence electrons. The van der Waals surface area contributed by atoms with Gasteiger partial charge in [0, 0.05) is 16.6 Å². The number of halogens is 3. The molecule has 0 aliphatic heterocycles. The van der Waals surface area contributed by atoms with Crippen molar-refractivity contribution in [2.75, 3.05) is 0 Å². The van der Waals surface area contributed by atoms with Crippen LogP contribution in [0.5, 0.6) is 5.75 Å². The zero-order valence-electron chi connectivity index (χ0n) is 10.9. The fourth-order valence-corrected chi connectivity index (χ4v) is 1.96. The van der Waals surface area contributed by atoms with Crippen LogP contribution in [0.1, 0.15) is 15.9 Å². The third kappa shape index (κ3) is 4.82. The third-order valence-electron chi connectivity index (χ3n) is 2.69. The van der Waals surface area contributed by atoms with E-state index in [0.29, 0.717) is 6.54 Å². The van der Waals surface area contributed by atoms with Crippen LogP contribution in [0.25, 0.3) is 0 Å². The second kappa shape index (κ2) is 7.17. The molecule has 21 heavy (non-hydrogen) atoms. The second-order valence-electron chi connectivity index (χ2n) is 4.22. The summed E-state index contributed by atoms with van der Waals surface area (Å²) >= 11 is 3.33. The molecule has 3 nitrogen and oxygen atoms in total. The monoisotopic (exact) mass is 355 g/mol. The minimum absolute atomic E-state index is 0.0405. The van der Waals surface area contributed by atoms with Gasteiger partial charge in [-0.15, -0.1) is 0 Å². The molecule has 0 fully saturated rings. The van der Waals surface area contributed by atoms with Crippen molar-refractivity contribution in [3.05, 3.63) is 64.1 Å². The lowest BCUT2D eigenvalue weighted by molar-refractivity contribution is -0.0498. The highest BCUT2D eigenvalue weighted by molar-refractivity contribution is 9.10. The maximum Gasteiger partial charge on any atom is 0.387 e. The summed E-state index contributed by atoms with van der Waals surface area (Å²) in [5, 5.41) is 2.72. The number of ether oxygens (including phenoxy) is 1. The molecular formula is C15H12BrF2NO2. The molecule has 0 spiro atoms. The Morgan fingerprint density at radius 1 is 1.19 bits per heavy atom. The zero-order chi connectivity index (χ0) is 15.2. The lowest BCUT2D eigenvalue weighted by Gasteiger charge is -2.08. The topological polar surface area (TPSA) is 38.3 Å². The molecule has 0 saturated heterocycles. The summed E-state index contributed by atoms with van der Waals surface area (Å²) in [5.41, 5.74) is 1.21. The summed E-state index contributed by atoms with van der Waals surface area (Å²) in [4.78, 5) is 12.0. The molecular weight excluding hydrogens is 344 g/mol. The van der Waals surface area contributed by atoms with Crippen LogP contribution in [-0.2, 0) is 6.54 Å². The maximum absolute atomic E-state index is 12.1. The van der Waals surface area contributed by atoms with E-state index in [1.165, 1.54) is 24.3 Å². The van der Waals surface area contributed by atoms with E-state index in [-0.39, 0.29) is 17.2 Å². The van der Waals surface area contributed by atoms with E-state index in [4.69, 9.17) is 0 Å². The van der Waals surface area contributed by atoms with Crippen LogP contribution in [0.4, 0.5) is 8.78 Å². The van der Waals surface area contributed by atoms with Crippen molar-refractivity contribution in [2.24, 2.45) is 0 Å². The maximum atomic E-state index is 12.1. The molecule has 0 radical (unpaired) electrons. The molecule has 0 aliphatic carbocycles. The number of amides is 1. The summed E-state index contributed by atoms with van der Waals surface area (Å²) < 4.78 is 29.5. The first-order valence-corrected chi connectivity index (χ1v) is 6.91. The Bertz CT molecular complexity index is 617. The first-order valence-electron chi connectivity index (χ1n) is 6.12. The van der Waals surface area contributed by atoms with E-state index in [2.05, 4.69) is 26.0 Å². The Hall–Kier alpha value is -1.95. The van der Waals surface area contributed by atoms with Crippen LogP contribution >= 0.6 is 15.9 Å². The third-order valence-corrected chi connectivity index (χ3v) is 3.22. The van der Waals surface area contributed by atoms with Gasteiger partial charge in [-0.2, -0.15) is 8.78 Å². The van der Waals surface area contributed by atoms with Crippen molar-refractivity contribution in [3.63, 3.8) is 0 Å². The van der Waals surface area contributed by atoms with E-state index in [0.717, 1.165) is 10.0 Å². The Morgan fingerprint density at radius 3 is 2.57 bits per heavy atom. The van der Waals surface area contributed by atoms with Gasteiger partial charge in [0.15, 0.2) is 0 Å². The number of benzene rings is 2. The molecule has 1 N–H and O–H groups in total. The highest BCUT2D eigenvalue weighted by atomic mass is 79.9. The lowest BCUT2D eigenvalue weighted by Crippen LogP contribution is -2.22. The van der Waals surface area contributed by atoms with Crippen LogP contribution in [0, 0.1) is 0 Å². The lowest BCUT2D eigenvalue weighted by atomic mass is 10.2. The second-order valence-corrected chi connectivity index (χ2v) is 5.13. The number of hydrogen-bond acceptors (Lipinski definition) is 2. The number of hydrogen-bond donors (Lipinski definition) is 1. The Kier molecular flexibility index (Phi) is 5.27. The smallest absolute Gasteiger partial charge is 0.387 e. The van der Waals surface area contributed by atoms with Crippen LogP contribution in [0.2, 0.25) is 0 Å². The van der Waals surface area contributed by atoms with Gasteiger partial charge in [0.1, 0.15) is 5.75 Å². The van der Waals surface area contributed by atoms with Crippen molar-refractivity contribution in [1.29, 1.82) is 0 Å². The average Bonchev–Trinajstić information content (AvgIpc) is 2.46. The standard InChI is InChI=1S/C15H12BrF2NO2/c16-12-6-4-10(5-7-12)9-19-14(20)11-2-1-3-13(8-11)21-15(17)18/h1-8,15H,9H2,(H,19,20). The molecule has 2 rings (SSSR count). The highest BCUT2D eigenvalue weighted by Crippen LogP contribution is 2.16. The Morgan fingerprint density at radius 2 is 1.90 bits per heavy atom. The average molecular weight is 356 g/mol. The van der Waals surface area contributed by atoms with Gasteiger partial charge in [-0.05, 0) is 35.9 Å². The molecule has 0 unspecified atom stereocenters. The largest absolute Gasteiger partial charge is 0.435 e. The fraction of sp³-hybridized carbons (Fsp3) is 0.133. The Labute approximate surface area is 129 Å². The summed E-state index contributed by atoms with van der Waals surface area (Å²) in [6, 6.07) is 13.2. The van der Waals surface area contributed by atoms with E-state index < -0.39 is 6.61 Å². The number of rotatable bonds is 5. The van der Waals surface area contributed by atoms with Gasteiger partial charge in [0.25, 0.3) is 5.91 Å². The molecule has 0 atom stereocenters. The normalized spacial score (nSPS) is 10.5. The minimum atomic E-state index is -2.91. The first kappa shape index (κ1) is 15.4. The minimum Gasteiger partial charge on any atom is -0.435 e. The first-order chi connectivity index (χ1) is 10.0. The van der Waals surface area contributed by atoms with Gasteiger partial charge in [-0.1, -0.05) is 34.1 Å². The number of alkyl halides is 2. The molecule has 2 aromatic rings. The van der Waals surface area contributed by atoms with Gasteiger partial charge in [0.05, 0.1) is 0 Å². The summed E-state index contributed by atoms with van der Waals surface area (Å²) in [7, 11) is 0. The Balaban J connectivity index is 1.98. The van der Waals surface area contributed by atoms with Crippen molar-refractivity contribution in [1.82, 2.24) is 5.32 Å². The number of carbonyl (C=O) groups excluding carboxylic acids is 1. The number of carbonyl (C=O) groups is 1. The van der Waals surface area contributed by atoms with Crippen molar-refractivity contribution in [3.8, 4) is 5.75 Å². The van der Waals surface area contributed by atoms with Gasteiger partial charge in [-0.25, -0.2) is 0 Å². The van der Waals surface area contributed by atoms with Crippen LogP contribution in [0.15, 0.2) is 53.0 Å².